The molecule has 1 atom stereocenters. The Hall–Kier alpha value is -2.87. The van der Waals surface area contributed by atoms with Gasteiger partial charge in [-0.15, -0.1) is 0 Å². The predicted molar refractivity (Wildman–Crippen MR) is 137 cm³/mol. The number of nitrogens with zero attached hydrogens (tertiary/aromatic N) is 2. The molecular weight excluding hydrogens is 450 g/mol. The standard InChI is InChI=1S/C26H37N3O4S/c1-19(2)22-13-15-23(16-14-22)29(34(7,32)33)18-24(30)28(17-21-11-9-8-10-12-21)20(3)25(31)27-26(4,5)6/h8-16,19-20H,17-18H2,1-7H3,(H,27,31)/t20-/m0/s1. The molecule has 2 aromatic rings. The molecule has 0 aliphatic heterocycles. The fourth-order valence-electron chi connectivity index (χ4n) is 3.48. The van der Waals surface area contributed by atoms with Gasteiger partial charge in [-0.05, 0) is 56.9 Å². The number of benzene rings is 2. The van der Waals surface area contributed by atoms with E-state index in [-0.39, 0.29) is 12.5 Å². The molecular formula is C26H37N3O4S. The summed E-state index contributed by atoms with van der Waals surface area (Å²) in [7, 11) is -3.74. The monoisotopic (exact) mass is 487 g/mol. The van der Waals surface area contributed by atoms with Gasteiger partial charge in [0, 0.05) is 12.1 Å². The van der Waals surface area contributed by atoms with Crippen LogP contribution >= 0.6 is 0 Å². The van der Waals surface area contributed by atoms with Gasteiger partial charge in [-0.1, -0.05) is 56.3 Å². The first-order chi connectivity index (χ1) is 15.7. The molecule has 186 valence electrons. The van der Waals surface area contributed by atoms with E-state index >= 15 is 0 Å². The first-order valence-electron chi connectivity index (χ1n) is 11.4. The highest BCUT2D eigenvalue weighted by Gasteiger charge is 2.31. The molecule has 0 spiro atoms. The third-order valence-electron chi connectivity index (χ3n) is 5.39. The van der Waals surface area contributed by atoms with Crippen LogP contribution in [0.25, 0.3) is 0 Å². The van der Waals surface area contributed by atoms with E-state index in [1.54, 1.807) is 19.1 Å². The van der Waals surface area contributed by atoms with Crippen LogP contribution in [0.4, 0.5) is 5.69 Å². The fourth-order valence-corrected chi connectivity index (χ4v) is 4.33. The second-order valence-corrected chi connectivity index (χ2v) is 11.8. The van der Waals surface area contributed by atoms with Crippen molar-refractivity contribution in [2.75, 3.05) is 17.1 Å². The molecule has 0 heterocycles. The molecule has 0 aliphatic rings. The molecule has 2 rings (SSSR count). The first kappa shape index (κ1) is 27.4. The lowest BCUT2D eigenvalue weighted by atomic mass is 10.0. The van der Waals surface area contributed by atoms with Gasteiger partial charge in [0.05, 0.1) is 11.9 Å². The summed E-state index contributed by atoms with van der Waals surface area (Å²) in [5, 5.41) is 2.91. The van der Waals surface area contributed by atoms with Gasteiger partial charge in [-0.3, -0.25) is 13.9 Å². The van der Waals surface area contributed by atoms with Gasteiger partial charge in [0.1, 0.15) is 12.6 Å². The summed E-state index contributed by atoms with van der Waals surface area (Å²) in [5.74, 6) is -0.464. The SMILES string of the molecule is CC(C)c1ccc(N(CC(=O)N(Cc2ccccc2)[C@@H](C)C(=O)NC(C)(C)C)S(C)(=O)=O)cc1. The minimum absolute atomic E-state index is 0.183. The van der Waals surface area contributed by atoms with Crippen LogP contribution in [0.5, 0.6) is 0 Å². The zero-order valence-corrected chi connectivity index (χ0v) is 22.0. The van der Waals surface area contributed by atoms with E-state index in [4.69, 9.17) is 0 Å². The van der Waals surface area contributed by atoms with Crippen LogP contribution in [0.15, 0.2) is 54.6 Å². The quantitative estimate of drug-likeness (QED) is 0.581. The highest BCUT2D eigenvalue weighted by atomic mass is 32.2. The number of amides is 2. The smallest absolute Gasteiger partial charge is 0.244 e. The average Bonchev–Trinajstić information content (AvgIpc) is 2.74. The number of carbonyl (C=O) groups is 2. The summed E-state index contributed by atoms with van der Waals surface area (Å²) in [4.78, 5) is 27.8. The van der Waals surface area contributed by atoms with Crippen molar-refractivity contribution < 1.29 is 18.0 Å². The van der Waals surface area contributed by atoms with E-state index < -0.39 is 34.1 Å². The molecule has 0 bridgehead atoms. The topological polar surface area (TPSA) is 86.8 Å². The molecule has 0 aromatic heterocycles. The Bertz CT molecular complexity index is 1080. The molecule has 0 aliphatic carbocycles. The second-order valence-electron chi connectivity index (χ2n) is 9.94. The minimum atomic E-state index is -3.74. The van der Waals surface area contributed by atoms with Crippen LogP contribution < -0.4 is 9.62 Å². The van der Waals surface area contributed by atoms with Crippen LogP contribution in [0.2, 0.25) is 0 Å². The van der Waals surface area contributed by atoms with Crippen molar-refractivity contribution in [2.24, 2.45) is 0 Å². The number of anilines is 1. The summed E-state index contributed by atoms with van der Waals surface area (Å²) in [5.41, 5.74) is 1.86. The Morgan fingerprint density at radius 1 is 0.941 bits per heavy atom. The molecule has 2 amide bonds. The van der Waals surface area contributed by atoms with E-state index in [2.05, 4.69) is 19.2 Å². The molecule has 1 N–H and O–H groups in total. The predicted octanol–water partition coefficient (Wildman–Crippen LogP) is 3.91. The van der Waals surface area contributed by atoms with Gasteiger partial charge in [-0.2, -0.15) is 0 Å². The third-order valence-corrected chi connectivity index (χ3v) is 6.53. The zero-order chi connectivity index (χ0) is 25.7. The van der Waals surface area contributed by atoms with Crippen molar-refractivity contribution in [3.63, 3.8) is 0 Å². The molecule has 0 saturated heterocycles. The molecule has 0 fully saturated rings. The number of rotatable bonds is 9. The normalized spacial score (nSPS) is 12.8. The Kier molecular flexibility index (Phi) is 8.89. The second kappa shape index (κ2) is 11.0. The lowest BCUT2D eigenvalue weighted by Crippen LogP contribution is -2.54. The van der Waals surface area contributed by atoms with Crippen LogP contribution in [0, 0.1) is 0 Å². The van der Waals surface area contributed by atoms with Crippen LogP contribution in [0.1, 0.15) is 58.6 Å². The summed E-state index contributed by atoms with van der Waals surface area (Å²) >= 11 is 0. The molecule has 0 radical (unpaired) electrons. The largest absolute Gasteiger partial charge is 0.350 e. The Balaban J connectivity index is 2.37. The number of hydrogen-bond donors (Lipinski definition) is 1. The fraction of sp³-hybridized carbons (Fsp3) is 0.462. The lowest BCUT2D eigenvalue weighted by molar-refractivity contribution is -0.140. The van der Waals surface area contributed by atoms with Crippen LogP contribution in [-0.4, -0.2) is 49.5 Å². The van der Waals surface area contributed by atoms with Crippen molar-refractivity contribution in [3.05, 3.63) is 65.7 Å². The van der Waals surface area contributed by atoms with Crippen LogP contribution in [-0.2, 0) is 26.2 Å². The van der Waals surface area contributed by atoms with Crippen LogP contribution in [0.3, 0.4) is 0 Å². The molecule has 0 unspecified atom stereocenters. The number of sulfonamides is 1. The number of hydrogen-bond acceptors (Lipinski definition) is 4. The van der Waals surface area contributed by atoms with E-state index in [0.717, 1.165) is 21.7 Å². The first-order valence-corrected chi connectivity index (χ1v) is 13.3. The van der Waals surface area contributed by atoms with Crippen molar-refractivity contribution in [2.45, 2.75) is 65.6 Å². The number of carbonyl (C=O) groups excluding carboxylic acids is 2. The summed E-state index contributed by atoms with van der Waals surface area (Å²) < 4.78 is 26.4. The highest BCUT2D eigenvalue weighted by molar-refractivity contribution is 7.92. The van der Waals surface area contributed by atoms with E-state index in [9.17, 15) is 18.0 Å². The van der Waals surface area contributed by atoms with Crippen molar-refractivity contribution >= 4 is 27.5 Å². The summed E-state index contributed by atoms with van der Waals surface area (Å²) in [6.45, 7) is 11.1. The summed E-state index contributed by atoms with van der Waals surface area (Å²) in [6, 6.07) is 15.7. The molecule has 34 heavy (non-hydrogen) atoms. The summed E-state index contributed by atoms with van der Waals surface area (Å²) in [6.07, 6.45) is 1.08. The Labute approximate surface area is 204 Å². The van der Waals surface area contributed by atoms with E-state index in [0.29, 0.717) is 11.6 Å². The van der Waals surface area contributed by atoms with Gasteiger partial charge in [0.25, 0.3) is 0 Å². The highest BCUT2D eigenvalue weighted by Crippen LogP contribution is 2.23. The van der Waals surface area contributed by atoms with Gasteiger partial charge in [-0.25, -0.2) is 8.42 Å². The van der Waals surface area contributed by atoms with Crippen molar-refractivity contribution in [1.82, 2.24) is 10.2 Å². The van der Waals surface area contributed by atoms with Gasteiger partial charge >= 0.3 is 0 Å². The Morgan fingerprint density at radius 3 is 1.97 bits per heavy atom. The van der Waals surface area contributed by atoms with E-state index in [1.165, 1.54) is 4.90 Å². The molecule has 0 saturated carbocycles. The van der Waals surface area contributed by atoms with Crippen molar-refractivity contribution in [3.8, 4) is 0 Å². The third kappa shape index (κ3) is 7.87. The van der Waals surface area contributed by atoms with Crippen molar-refractivity contribution in [1.29, 1.82) is 0 Å². The molecule has 8 heteroatoms. The maximum Gasteiger partial charge on any atom is 0.244 e. The maximum atomic E-state index is 13.5. The number of nitrogens with one attached hydrogen (secondary N) is 1. The molecule has 2 aromatic carbocycles. The average molecular weight is 488 g/mol. The Morgan fingerprint density at radius 2 is 1.50 bits per heavy atom. The van der Waals surface area contributed by atoms with E-state index in [1.807, 2.05) is 63.2 Å². The molecule has 7 nitrogen and oxygen atoms in total. The minimum Gasteiger partial charge on any atom is -0.350 e. The van der Waals surface area contributed by atoms with Gasteiger partial charge in [0.15, 0.2) is 0 Å². The maximum absolute atomic E-state index is 13.5. The zero-order valence-electron chi connectivity index (χ0n) is 21.2. The van der Waals surface area contributed by atoms with Gasteiger partial charge in [0.2, 0.25) is 21.8 Å². The van der Waals surface area contributed by atoms with Gasteiger partial charge < -0.3 is 10.2 Å². The lowest BCUT2D eigenvalue weighted by Gasteiger charge is -2.33.